The third-order valence-electron chi connectivity index (χ3n) is 4.05. The summed E-state index contributed by atoms with van der Waals surface area (Å²) >= 11 is 0. The number of benzene rings is 1. The first-order chi connectivity index (χ1) is 11.9. The van der Waals surface area contributed by atoms with Crippen molar-refractivity contribution < 1.29 is 9.72 Å². The molecule has 1 aliphatic rings. The maximum Gasteiger partial charge on any atom is 0.293 e. The van der Waals surface area contributed by atoms with Crippen LogP contribution in [0.5, 0.6) is 0 Å². The van der Waals surface area contributed by atoms with E-state index in [1.165, 1.54) is 6.07 Å². The van der Waals surface area contributed by atoms with Crippen molar-refractivity contribution in [3.63, 3.8) is 0 Å². The summed E-state index contributed by atoms with van der Waals surface area (Å²) < 4.78 is 0. The standard InChI is InChI=1S/C17H23N5O3/c1-13(2)19-17(23)12-20-6-3-7-21(9-8-20)15-5-4-14(11-18)10-16(15)22(24)25/h4-5,10,13H,3,6-9,12H2,1-2H3,(H,19,23). The third-order valence-corrected chi connectivity index (χ3v) is 4.05. The Kier molecular flexibility index (Phi) is 6.31. The van der Waals surface area contributed by atoms with Gasteiger partial charge in [-0.25, -0.2) is 0 Å². The van der Waals surface area contributed by atoms with Crippen molar-refractivity contribution in [3.8, 4) is 6.07 Å². The molecule has 1 saturated heterocycles. The van der Waals surface area contributed by atoms with Gasteiger partial charge in [0.1, 0.15) is 5.69 Å². The molecule has 0 bridgehead atoms. The summed E-state index contributed by atoms with van der Waals surface area (Å²) in [6.45, 7) is 6.88. The molecular weight excluding hydrogens is 322 g/mol. The highest BCUT2D eigenvalue weighted by Crippen LogP contribution is 2.29. The lowest BCUT2D eigenvalue weighted by atomic mass is 10.1. The number of nitro groups is 1. The van der Waals surface area contributed by atoms with Crippen LogP contribution in [-0.4, -0.2) is 54.5 Å². The fraction of sp³-hybridized carbons (Fsp3) is 0.529. The van der Waals surface area contributed by atoms with E-state index in [9.17, 15) is 14.9 Å². The molecule has 1 N–H and O–H groups in total. The molecule has 1 aliphatic heterocycles. The topological polar surface area (TPSA) is 103 Å². The normalized spacial score (nSPS) is 15.5. The number of amides is 1. The lowest BCUT2D eigenvalue weighted by Gasteiger charge is -2.23. The van der Waals surface area contributed by atoms with Gasteiger partial charge in [-0.2, -0.15) is 5.26 Å². The van der Waals surface area contributed by atoms with Gasteiger partial charge in [-0.05, 0) is 32.4 Å². The Labute approximate surface area is 147 Å². The molecule has 0 spiro atoms. The maximum absolute atomic E-state index is 11.9. The van der Waals surface area contributed by atoms with Crippen LogP contribution >= 0.6 is 0 Å². The van der Waals surface area contributed by atoms with E-state index in [1.54, 1.807) is 12.1 Å². The molecule has 1 aromatic carbocycles. The van der Waals surface area contributed by atoms with E-state index in [2.05, 4.69) is 10.2 Å². The molecule has 0 saturated carbocycles. The third kappa shape index (κ3) is 5.16. The Balaban J connectivity index is 2.07. The Morgan fingerprint density at radius 3 is 2.76 bits per heavy atom. The number of anilines is 1. The molecule has 0 radical (unpaired) electrons. The minimum Gasteiger partial charge on any atom is -0.365 e. The van der Waals surface area contributed by atoms with Gasteiger partial charge in [-0.1, -0.05) is 0 Å². The van der Waals surface area contributed by atoms with Crippen molar-refractivity contribution >= 4 is 17.3 Å². The van der Waals surface area contributed by atoms with Crippen LogP contribution < -0.4 is 10.2 Å². The Morgan fingerprint density at radius 1 is 1.36 bits per heavy atom. The van der Waals surface area contributed by atoms with E-state index in [0.717, 1.165) is 13.0 Å². The van der Waals surface area contributed by atoms with Crippen LogP contribution in [0.15, 0.2) is 18.2 Å². The number of nitriles is 1. The van der Waals surface area contributed by atoms with Crippen molar-refractivity contribution in [2.45, 2.75) is 26.3 Å². The molecule has 0 atom stereocenters. The van der Waals surface area contributed by atoms with Crippen LogP contribution in [0.3, 0.4) is 0 Å². The van der Waals surface area contributed by atoms with Gasteiger partial charge in [0.25, 0.3) is 5.69 Å². The molecule has 1 fully saturated rings. The van der Waals surface area contributed by atoms with E-state index in [0.29, 0.717) is 31.9 Å². The number of carbonyl (C=O) groups excluding carboxylic acids is 1. The summed E-state index contributed by atoms with van der Waals surface area (Å²) in [5.74, 6) is -0.00666. The minimum atomic E-state index is -0.449. The van der Waals surface area contributed by atoms with E-state index in [-0.39, 0.29) is 23.2 Å². The summed E-state index contributed by atoms with van der Waals surface area (Å²) in [7, 11) is 0. The number of hydrogen-bond donors (Lipinski definition) is 1. The molecule has 1 heterocycles. The van der Waals surface area contributed by atoms with Gasteiger partial charge in [0.2, 0.25) is 5.91 Å². The van der Waals surface area contributed by atoms with Gasteiger partial charge >= 0.3 is 0 Å². The Morgan fingerprint density at radius 2 is 2.12 bits per heavy atom. The Bertz CT molecular complexity index is 683. The van der Waals surface area contributed by atoms with E-state index in [4.69, 9.17) is 5.26 Å². The van der Waals surface area contributed by atoms with Gasteiger partial charge in [0.05, 0.1) is 23.1 Å². The average molecular weight is 345 g/mol. The van der Waals surface area contributed by atoms with Gasteiger partial charge in [0.15, 0.2) is 0 Å². The predicted octanol–water partition coefficient (Wildman–Crippen LogP) is 1.50. The fourth-order valence-corrected chi connectivity index (χ4v) is 2.95. The number of nitrogens with one attached hydrogen (secondary N) is 1. The smallest absolute Gasteiger partial charge is 0.293 e. The van der Waals surface area contributed by atoms with Gasteiger partial charge in [0, 0.05) is 38.3 Å². The molecular formula is C17H23N5O3. The predicted molar refractivity (Wildman–Crippen MR) is 94.4 cm³/mol. The van der Waals surface area contributed by atoms with Crippen molar-refractivity contribution in [1.29, 1.82) is 5.26 Å². The molecule has 1 aromatic rings. The van der Waals surface area contributed by atoms with E-state index in [1.807, 2.05) is 24.8 Å². The lowest BCUT2D eigenvalue weighted by molar-refractivity contribution is -0.384. The second kappa shape index (κ2) is 8.44. The largest absolute Gasteiger partial charge is 0.365 e. The number of hydrogen-bond acceptors (Lipinski definition) is 6. The monoisotopic (exact) mass is 345 g/mol. The molecule has 25 heavy (non-hydrogen) atoms. The quantitative estimate of drug-likeness (QED) is 0.641. The zero-order valence-electron chi connectivity index (χ0n) is 14.6. The summed E-state index contributed by atoms with van der Waals surface area (Å²) in [6.07, 6.45) is 0.812. The van der Waals surface area contributed by atoms with Crippen molar-refractivity contribution in [1.82, 2.24) is 10.2 Å². The van der Waals surface area contributed by atoms with Crippen LogP contribution in [0.4, 0.5) is 11.4 Å². The first-order valence-corrected chi connectivity index (χ1v) is 8.36. The second-order valence-electron chi connectivity index (χ2n) is 6.41. The molecule has 134 valence electrons. The first kappa shape index (κ1) is 18.7. The molecule has 0 unspecified atom stereocenters. The highest BCUT2D eigenvalue weighted by atomic mass is 16.6. The highest BCUT2D eigenvalue weighted by Gasteiger charge is 2.23. The second-order valence-corrected chi connectivity index (χ2v) is 6.41. The zero-order valence-corrected chi connectivity index (χ0v) is 14.6. The zero-order chi connectivity index (χ0) is 18.4. The Hall–Kier alpha value is -2.66. The summed E-state index contributed by atoms with van der Waals surface area (Å²) in [4.78, 5) is 26.8. The minimum absolute atomic E-state index is 0.00666. The van der Waals surface area contributed by atoms with Crippen LogP contribution in [-0.2, 0) is 4.79 Å². The number of nitro benzene ring substituents is 1. The molecule has 2 rings (SSSR count). The maximum atomic E-state index is 11.9. The summed E-state index contributed by atoms with van der Waals surface area (Å²) in [5.41, 5.74) is 0.750. The van der Waals surface area contributed by atoms with Crippen LogP contribution in [0.2, 0.25) is 0 Å². The highest BCUT2D eigenvalue weighted by molar-refractivity contribution is 5.78. The first-order valence-electron chi connectivity index (χ1n) is 8.36. The van der Waals surface area contributed by atoms with E-state index < -0.39 is 4.92 Å². The van der Waals surface area contributed by atoms with Crippen LogP contribution in [0.25, 0.3) is 0 Å². The fourth-order valence-electron chi connectivity index (χ4n) is 2.95. The SMILES string of the molecule is CC(C)NC(=O)CN1CCCN(c2ccc(C#N)cc2[N+](=O)[O-])CC1. The van der Waals surface area contributed by atoms with Gasteiger partial charge < -0.3 is 10.2 Å². The molecule has 1 amide bonds. The summed E-state index contributed by atoms with van der Waals surface area (Å²) in [6, 6.07) is 6.59. The molecule has 8 nitrogen and oxygen atoms in total. The lowest BCUT2D eigenvalue weighted by Crippen LogP contribution is -2.41. The van der Waals surface area contributed by atoms with Crippen molar-refractivity contribution in [2.24, 2.45) is 0 Å². The molecule has 0 aromatic heterocycles. The molecule has 8 heteroatoms. The number of carbonyl (C=O) groups is 1. The van der Waals surface area contributed by atoms with Gasteiger partial charge in [-0.15, -0.1) is 0 Å². The van der Waals surface area contributed by atoms with Crippen LogP contribution in [0, 0.1) is 21.4 Å². The van der Waals surface area contributed by atoms with Crippen LogP contribution in [0.1, 0.15) is 25.8 Å². The number of nitrogens with zero attached hydrogens (tertiary/aromatic N) is 4. The summed E-state index contributed by atoms with van der Waals surface area (Å²) in [5, 5.41) is 23.2. The average Bonchev–Trinajstić information content (AvgIpc) is 2.79. The van der Waals surface area contributed by atoms with Gasteiger partial charge in [-0.3, -0.25) is 19.8 Å². The molecule has 0 aliphatic carbocycles. The number of rotatable bonds is 5. The van der Waals surface area contributed by atoms with Crippen molar-refractivity contribution in [2.75, 3.05) is 37.6 Å². The van der Waals surface area contributed by atoms with E-state index >= 15 is 0 Å². The van der Waals surface area contributed by atoms with Crippen molar-refractivity contribution in [3.05, 3.63) is 33.9 Å².